The molecule has 0 bridgehead atoms. The largest absolute Gasteiger partial charge is 0.508 e. The number of hydrogen-bond donors (Lipinski definition) is 2. The molecular formula is C21H17ClFNO3. The van der Waals surface area contributed by atoms with E-state index >= 15 is 0 Å². The molecule has 1 aliphatic carbocycles. The minimum atomic E-state index is -0.783. The Labute approximate surface area is 161 Å². The number of phenolic OH excluding ortho intramolecular Hbond substituents is 2. The van der Waals surface area contributed by atoms with Gasteiger partial charge in [-0.2, -0.15) is 5.26 Å². The SMILES string of the molecule is Cc1cc(O)cc2c1CC(c1cc(F)c(O)c(Cl)c1)C2C1OC=CC1C#N. The van der Waals surface area contributed by atoms with Gasteiger partial charge in [-0.25, -0.2) is 4.39 Å². The normalized spacial score (nSPS) is 25.9. The van der Waals surface area contributed by atoms with Gasteiger partial charge in [0.2, 0.25) is 0 Å². The maximum absolute atomic E-state index is 14.1. The molecule has 0 spiro atoms. The average Bonchev–Trinajstić information content (AvgIpc) is 3.22. The lowest BCUT2D eigenvalue weighted by Crippen LogP contribution is -2.27. The summed E-state index contributed by atoms with van der Waals surface area (Å²) < 4.78 is 19.9. The third-order valence-electron chi connectivity index (χ3n) is 5.55. The first-order chi connectivity index (χ1) is 12.9. The Morgan fingerprint density at radius 3 is 2.74 bits per heavy atom. The predicted molar refractivity (Wildman–Crippen MR) is 98.2 cm³/mol. The number of nitriles is 1. The minimum absolute atomic E-state index is 0.0541. The summed E-state index contributed by atoms with van der Waals surface area (Å²) in [7, 11) is 0. The van der Waals surface area contributed by atoms with Gasteiger partial charge in [-0.3, -0.25) is 0 Å². The fraction of sp³-hybridized carbons (Fsp3) is 0.286. The van der Waals surface area contributed by atoms with Crippen LogP contribution in [0, 0.1) is 30.0 Å². The molecule has 0 saturated carbocycles. The standard InChI is InChI=1S/C21H17ClFNO3/c1-10-4-13(25)7-16-14(10)8-15(12-5-17(22)20(26)18(23)6-12)19(16)21-11(9-24)2-3-27-21/h2-7,11,15,19,21,25-26H,8H2,1H3. The second kappa shape index (κ2) is 6.47. The van der Waals surface area contributed by atoms with Crippen molar-refractivity contribution in [2.45, 2.75) is 31.3 Å². The molecule has 4 atom stereocenters. The van der Waals surface area contributed by atoms with E-state index in [1.807, 2.05) is 6.92 Å². The first kappa shape index (κ1) is 17.7. The molecule has 4 unspecified atom stereocenters. The van der Waals surface area contributed by atoms with Crippen molar-refractivity contribution >= 4 is 11.6 Å². The van der Waals surface area contributed by atoms with Gasteiger partial charge in [0.15, 0.2) is 11.6 Å². The van der Waals surface area contributed by atoms with Gasteiger partial charge in [0.05, 0.1) is 17.4 Å². The Balaban J connectivity index is 1.86. The van der Waals surface area contributed by atoms with E-state index in [1.165, 1.54) is 12.3 Å². The van der Waals surface area contributed by atoms with Gasteiger partial charge in [-0.05, 0) is 71.9 Å². The van der Waals surface area contributed by atoms with Crippen LogP contribution in [0.2, 0.25) is 5.02 Å². The van der Waals surface area contributed by atoms with Crippen LogP contribution < -0.4 is 0 Å². The van der Waals surface area contributed by atoms with Crippen molar-refractivity contribution in [1.82, 2.24) is 0 Å². The molecule has 4 nitrogen and oxygen atoms in total. The van der Waals surface area contributed by atoms with Crippen LogP contribution in [0.15, 0.2) is 36.6 Å². The molecule has 0 radical (unpaired) electrons. The van der Waals surface area contributed by atoms with Crippen molar-refractivity contribution < 1.29 is 19.3 Å². The Bertz CT molecular complexity index is 975. The topological polar surface area (TPSA) is 73.5 Å². The van der Waals surface area contributed by atoms with E-state index in [-0.39, 0.29) is 22.6 Å². The van der Waals surface area contributed by atoms with E-state index in [0.29, 0.717) is 12.0 Å². The minimum Gasteiger partial charge on any atom is -0.508 e. The van der Waals surface area contributed by atoms with Crippen LogP contribution in [0.25, 0.3) is 0 Å². The highest BCUT2D eigenvalue weighted by atomic mass is 35.5. The number of hydrogen-bond acceptors (Lipinski definition) is 4. The second-order valence-electron chi connectivity index (χ2n) is 7.08. The van der Waals surface area contributed by atoms with Crippen LogP contribution >= 0.6 is 11.6 Å². The van der Waals surface area contributed by atoms with Crippen LogP contribution in [0.3, 0.4) is 0 Å². The number of benzene rings is 2. The quantitative estimate of drug-likeness (QED) is 0.787. The highest BCUT2D eigenvalue weighted by Gasteiger charge is 2.45. The van der Waals surface area contributed by atoms with Gasteiger partial charge in [-0.1, -0.05) is 11.6 Å². The van der Waals surface area contributed by atoms with E-state index in [0.717, 1.165) is 16.7 Å². The monoisotopic (exact) mass is 385 g/mol. The van der Waals surface area contributed by atoms with Crippen LogP contribution in [-0.2, 0) is 11.2 Å². The molecule has 2 aliphatic rings. The zero-order valence-electron chi connectivity index (χ0n) is 14.5. The van der Waals surface area contributed by atoms with Gasteiger partial charge < -0.3 is 14.9 Å². The first-order valence-corrected chi connectivity index (χ1v) is 9.00. The Hall–Kier alpha value is -2.71. The molecule has 0 aromatic heterocycles. The van der Waals surface area contributed by atoms with Gasteiger partial charge in [0.1, 0.15) is 17.8 Å². The van der Waals surface area contributed by atoms with E-state index in [1.54, 1.807) is 24.3 Å². The molecule has 2 aromatic rings. The fourth-order valence-corrected chi connectivity index (χ4v) is 4.55. The average molecular weight is 386 g/mol. The molecule has 1 heterocycles. The predicted octanol–water partition coefficient (Wildman–Crippen LogP) is 4.67. The summed E-state index contributed by atoms with van der Waals surface area (Å²) >= 11 is 6.00. The summed E-state index contributed by atoms with van der Waals surface area (Å²) in [6.07, 6.45) is 3.39. The fourth-order valence-electron chi connectivity index (χ4n) is 4.33. The molecular weight excluding hydrogens is 369 g/mol. The van der Waals surface area contributed by atoms with Gasteiger partial charge in [0.25, 0.3) is 0 Å². The molecule has 27 heavy (non-hydrogen) atoms. The second-order valence-corrected chi connectivity index (χ2v) is 7.49. The molecule has 0 amide bonds. The zero-order chi connectivity index (χ0) is 19.3. The van der Waals surface area contributed by atoms with E-state index in [2.05, 4.69) is 6.07 Å². The van der Waals surface area contributed by atoms with Crippen LogP contribution in [0.1, 0.15) is 34.1 Å². The number of aryl methyl sites for hydroxylation is 1. The third kappa shape index (κ3) is 2.81. The summed E-state index contributed by atoms with van der Waals surface area (Å²) in [5.74, 6) is -2.11. The van der Waals surface area contributed by atoms with Gasteiger partial charge >= 0.3 is 0 Å². The highest BCUT2D eigenvalue weighted by Crippen LogP contribution is 2.52. The zero-order valence-corrected chi connectivity index (χ0v) is 15.2. The number of aromatic hydroxyl groups is 2. The van der Waals surface area contributed by atoms with Crippen molar-refractivity contribution in [3.05, 3.63) is 69.7 Å². The van der Waals surface area contributed by atoms with Crippen molar-refractivity contribution in [3.63, 3.8) is 0 Å². The summed E-state index contributed by atoms with van der Waals surface area (Å²) in [6.45, 7) is 1.91. The first-order valence-electron chi connectivity index (χ1n) is 8.62. The molecule has 4 rings (SSSR count). The summed E-state index contributed by atoms with van der Waals surface area (Å²) in [6, 6.07) is 8.47. The lowest BCUT2D eigenvalue weighted by molar-refractivity contribution is 0.114. The highest BCUT2D eigenvalue weighted by molar-refractivity contribution is 6.32. The number of phenols is 2. The van der Waals surface area contributed by atoms with Crippen molar-refractivity contribution in [2.75, 3.05) is 0 Å². The van der Waals surface area contributed by atoms with E-state index in [4.69, 9.17) is 16.3 Å². The van der Waals surface area contributed by atoms with Crippen LogP contribution in [0.4, 0.5) is 4.39 Å². The molecule has 1 aliphatic heterocycles. The van der Waals surface area contributed by atoms with Crippen LogP contribution in [-0.4, -0.2) is 16.3 Å². The molecule has 2 aromatic carbocycles. The van der Waals surface area contributed by atoms with Crippen molar-refractivity contribution in [2.24, 2.45) is 5.92 Å². The lowest BCUT2D eigenvalue weighted by Gasteiger charge is -2.28. The third-order valence-corrected chi connectivity index (χ3v) is 5.84. The molecule has 0 fully saturated rings. The van der Waals surface area contributed by atoms with Crippen molar-refractivity contribution in [3.8, 4) is 17.6 Å². The number of halogens is 2. The van der Waals surface area contributed by atoms with E-state index in [9.17, 15) is 19.9 Å². The molecule has 138 valence electrons. The molecule has 2 N–H and O–H groups in total. The van der Waals surface area contributed by atoms with E-state index < -0.39 is 23.6 Å². The summed E-state index contributed by atoms with van der Waals surface area (Å²) in [5, 5.41) is 29.2. The lowest BCUT2D eigenvalue weighted by atomic mass is 9.79. The Morgan fingerprint density at radius 1 is 1.26 bits per heavy atom. The maximum atomic E-state index is 14.1. The van der Waals surface area contributed by atoms with Gasteiger partial charge in [-0.15, -0.1) is 0 Å². The summed E-state index contributed by atoms with van der Waals surface area (Å²) in [5.41, 5.74) is 3.51. The van der Waals surface area contributed by atoms with Crippen LogP contribution in [0.5, 0.6) is 11.5 Å². The number of fused-ring (bicyclic) bond motifs is 1. The molecule has 6 heteroatoms. The molecule has 0 saturated heterocycles. The number of nitrogens with zero attached hydrogens (tertiary/aromatic N) is 1. The summed E-state index contributed by atoms with van der Waals surface area (Å²) in [4.78, 5) is 0. The Morgan fingerprint density at radius 2 is 2.04 bits per heavy atom. The smallest absolute Gasteiger partial charge is 0.170 e. The Kier molecular flexibility index (Phi) is 4.24. The number of rotatable bonds is 2. The number of ether oxygens (including phenoxy) is 1. The van der Waals surface area contributed by atoms with Gasteiger partial charge in [0, 0.05) is 5.92 Å². The van der Waals surface area contributed by atoms with Crippen molar-refractivity contribution in [1.29, 1.82) is 5.26 Å². The maximum Gasteiger partial charge on any atom is 0.170 e.